The van der Waals surface area contributed by atoms with Gasteiger partial charge in [0.15, 0.2) is 0 Å². The molecule has 0 saturated carbocycles. The van der Waals surface area contributed by atoms with Crippen LogP contribution in [0.25, 0.3) is 0 Å². The number of amides is 1. The number of carbonyl (C=O) groups is 1. The number of nitrogens with zero attached hydrogens (tertiary/aromatic N) is 2. The van der Waals surface area contributed by atoms with Crippen molar-refractivity contribution in [2.75, 3.05) is 27.2 Å². The molecule has 20 heavy (non-hydrogen) atoms. The van der Waals surface area contributed by atoms with E-state index in [2.05, 4.69) is 15.9 Å². The predicted molar refractivity (Wildman–Crippen MR) is 82.0 cm³/mol. The third-order valence-electron chi connectivity index (χ3n) is 2.87. The molecule has 0 aromatic heterocycles. The minimum absolute atomic E-state index is 0.161. The van der Waals surface area contributed by atoms with Gasteiger partial charge in [0.1, 0.15) is 0 Å². The first-order valence-electron chi connectivity index (χ1n) is 6.16. The molecule has 0 aliphatic rings. The smallest absolute Gasteiger partial charge is 0.244 e. The standard InChI is InChI=1S/C13H19BrN2O3S/c1-5-16(9-13(17)15(3)4)20(18,19)12-7-6-10(2)8-11(12)14/h6-8H,5,9H2,1-4H3. The number of rotatable bonds is 5. The number of hydrogen-bond acceptors (Lipinski definition) is 3. The Balaban J connectivity index is 3.15. The highest BCUT2D eigenvalue weighted by Crippen LogP contribution is 2.26. The summed E-state index contributed by atoms with van der Waals surface area (Å²) in [7, 11) is -0.485. The summed E-state index contributed by atoms with van der Waals surface area (Å²) in [6.45, 7) is 3.67. The molecule has 0 unspecified atom stereocenters. The molecule has 1 aromatic rings. The molecule has 5 nitrogen and oxygen atoms in total. The Kier molecular flexibility index (Phi) is 5.73. The third-order valence-corrected chi connectivity index (χ3v) is 5.77. The number of likely N-dealkylation sites (N-methyl/N-ethyl adjacent to an activating group) is 2. The van der Waals surface area contributed by atoms with Crippen molar-refractivity contribution in [3.63, 3.8) is 0 Å². The summed E-state index contributed by atoms with van der Waals surface area (Å²) in [5, 5.41) is 0. The van der Waals surface area contributed by atoms with Crippen molar-refractivity contribution in [1.29, 1.82) is 0 Å². The van der Waals surface area contributed by atoms with E-state index >= 15 is 0 Å². The van der Waals surface area contributed by atoms with Gasteiger partial charge in [0.25, 0.3) is 0 Å². The first-order valence-corrected chi connectivity index (χ1v) is 8.40. The number of aryl methyl sites for hydroxylation is 1. The van der Waals surface area contributed by atoms with Crippen LogP contribution in [-0.2, 0) is 14.8 Å². The average Bonchev–Trinajstić information content (AvgIpc) is 2.34. The molecule has 1 rings (SSSR count). The van der Waals surface area contributed by atoms with Crippen molar-refractivity contribution in [1.82, 2.24) is 9.21 Å². The molecule has 0 heterocycles. The number of halogens is 1. The zero-order chi connectivity index (χ0) is 15.5. The van der Waals surface area contributed by atoms with Crippen LogP contribution in [0.3, 0.4) is 0 Å². The second-order valence-electron chi connectivity index (χ2n) is 4.65. The van der Waals surface area contributed by atoms with Crippen LogP contribution in [0.5, 0.6) is 0 Å². The van der Waals surface area contributed by atoms with Gasteiger partial charge in [-0.2, -0.15) is 4.31 Å². The monoisotopic (exact) mass is 362 g/mol. The van der Waals surface area contributed by atoms with Crippen LogP contribution in [0.4, 0.5) is 0 Å². The zero-order valence-electron chi connectivity index (χ0n) is 12.1. The molecule has 1 aromatic carbocycles. The Morgan fingerprint density at radius 3 is 2.35 bits per heavy atom. The molecule has 7 heteroatoms. The van der Waals surface area contributed by atoms with Crippen molar-refractivity contribution >= 4 is 31.9 Å². The van der Waals surface area contributed by atoms with E-state index in [0.29, 0.717) is 4.47 Å². The summed E-state index contributed by atoms with van der Waals surface area (Å²) in [6.07, 6.45) is 0. The largest absolute Gasteiger partial charge is 0.348 e. The van der Waals surface area contributed by atoms with Crippen molar-refractivity contribution in [2.45, 2.75) is 18.7 Å². The van der Waals surface area contributed by atoms with Crippen molar-refractivity contribution < 1.29 is 13.2 Å². The molecular formula is C13H19BrN2O3S. The highest BCUT2D eigenvalue weighted by molar-refractivity contribution is 9.10. The lowest BCUT2D eigenvalue weighted by molar-refractivity contribution is -0.128. The second kappa shape index (κ2) is 6.69. The number of carbonyl (C=O) groups excluding carboxylic acids is 1. The van der Waals surface area contributed by atoms with Gasteiger partial charge in [-0.3, -0.25) is 4.79 Å². The highest BCUT2D eigenvalue weighted by Gasteiger charge is 2.27. The summed E-state index contributed by atoms with van der Waals surface area (Å²) in [5.41, 5.74) is 0.961. The number of benzene rings is 1. The zero-order valence-corrected chi connectivity index (χ0v) is 14.5. The lowest BCUT2D eigenvalue weighted by Crippen LogP contribution is -2.40. The Morgan fingerprint density at radius 1 is 1.30 bits per heavy atom. The molecule has 0 bridgehead atoms. The van der Waals surface area contributed by atoms with Gasteiger partial charge in [0, 0.05) is 25.1 Å². The van der Waals surface area contributed by atoms with Crippen molar-refractivity contribution in [3.05, 3.63) is 28.2 Å². The summed E-state index contributed by atoms with van der Waals surface area (Å²) in [4.78, 5) is 13.3. The van der Waals surface area contributed by atoms with E-state index in [1.807, 2.05) is 6.92 Å². The van der Waals surface area contributed by atoms with Crippen molar-refractivity contribution in [3.8, 4) is 0 Å². The van der Waals surface area contributed by atoms with Gasteiger partial charge in [-0.25, -0.2) is 8.42 Å². The van der Waals surface area contributed by atoms with E-state index in [9.17, 15) is 13.2 Å². The lowest BCUT2D eigenvalue weighted by atomic mass is 10.2. The van der Waals surface area contributed by atoms with E-state index in [-0.39, 0.29) is 23.9 Å². The fourth-order valence-corrected chi connectivity index (χ4v) is 4.16. The fourth-order valence-electron chi connectivity index (χ4n) is 1.61. The quantitative estimate of drug-likeness (QED) is 0.802. The van der Waals surface area contributed by atoms with Gasteiger partial charge in [0.05, 0.1) is 11.4 Å². The lowest BCUT2D eigenvalue weighted by Gasteiger charge is -2.22. The van der Waals surface area contributed by atoms with Gasteiger partial charge in [-0.15, -0.1) is 0 Å². The predicted octanol–water partition coefficient (Wildman–Crippen LogP) is 1.86. The Morgan fingerprint density at radius 2 is 1.90 bits per heavy atom. The topological polar surface area (TPSA) is 57.7 Å². The first kappa shape index (κ1) is 17.1. The van der Waals surface area contributed by atoms with Gasteiger partial charge >= 0.3 is 0 Å². The molecule has 0 saturated heterocycles. The van der Waals surface area contributed by atoms with E-state index < -0.39 is 10.0 Å². The van der Waals surface area contributed by atoms with E-state index in [0.717, 1.165) is 5.56 Å². The highest BCUT2D eigenvalue weighted by atomic mass is 79.9. The molecule has 0 N–H and O–H groups in total. The Labute approximate surface area is 128 Å². The summed E-state index contributed by atoms with van der Waals surface area (Å²) in [6, 6.07) is 5.03. The van der Waals surface area contributed by atoms with Crippen LogP contribution in [0.1, 0.15) is 12.5 Å². The number of sulfonamides is 1. The normalized spacial score (nSPS) is 11.7. The molecular weight excluding hydrogens is 344 g/mol. The van der Waals surface area contributed by atoms with Crippen LogP contribution in [0.15, 0.2) is 27.6 Å². The van der Waals surface area contributed by atoms with E-state index in [4.69, 9.17) is 0 Å². The molecule has 0 atom stereocenters. The maximum absolute atomic E-state index is 12.6. The number of hydrogen-bond donors (Lipinski definition) is 0. The summed E-state index contributed by atoms with van der Waals surface area (Å²) < 4.78 is 26.8. The van der Waals surface area contributed by atoms with Gasteiger partial charge in [0.2, 0.25) is 15.9 Å². The van der Waals surface area contributed by atoms with E-state index in [1.54, 1.807) is 39.2 Å². The third kappa shape index (κ3) is 3.80. The van der Waals surface area contributed by atoms with Gasteiger partial charge in [-0.1, -0.05) is 13.0 Å². The van der Waals surface area contributed by atoms with Crippen molar-refractivity contribution in [2.24, 2.45) is 0 Å². The van der Waals surface area contributed by atoms with Crippen LogP contribution in [0.2, 0.25) is 0 Å². The van der Waals surface area contributed by atoms with E-state index in [1.165, 1.54) is 9.21 Å². The van der Waals surface area contributed by atoms with Gasteiger partial charge in [-0.05, 0) is 40.5 Å². The van der Waals surface area contributed by atoms with Crippen LogP contribution in [-0.4, -0.2) is 50.7 Å². The average molecular weight is 363 g/mol. The minimum atomic E-state index is -3.69. The fraction of sp³-hybridized carbons (Fsp3) is 0.462. The minimum Gasteiger partial charge on any atom is -0.348 e. The first-order chi connectivity index (χ1) is 9.20. The Hall–Kier alpha value is -0.920. The molecule has 0 aliphatic heterocycles. The molecule has 0 aliphatic carbocycles. The molecule has 0 radical (unpaired) electrons. The Bertz CT molecular complexity index is 600. The molecule has 0 spiro atoms. The van der Waals surface area contributed by atoms with Crippen LogP contribution in [0, 0.1) is 6.92 Å². The van der Waals surface area contributed by atoms with Gasteiger partial charge < -0.3 is 4.90 Å². The second-order valence-corrected chi connectivity index (χ2v) is 7.41. The molecule has 1 amide bonds. The van der Waals surface area contributed by atoms with Crippen LogP contribution < -0.4 is 0 Å². The maximum Gasteiger partial charge on any atom is 0.244 e. The summed E-state index contributed by atoms with van der Waals surface area (Å²) in [5.74, 6) is -0.251. The molecule has 0 fully saturated rings. The SMILES string of the molecule is CCN(CC(=O)N(C)C)S(=O)(=O)c1ccc(C)cc1Br. The summed E-state index contributed by atoms with van der Waals surface area (Å²) >= 11 is 3.27. The maximum atomic E-state index is 12.6. The van der Waals surface area contributed by atoms with Crippen LogP contribution >= 0.6 is 15.9 Å². The molecule has 112 valence electrons.